The van der Waals surface area contributed by atoms with Gasteiger partial charge in [-0.15, -0.1) is 6.58 Å². The molecule has 0 amide bonds. The van der Waals surface area contributed by atoms with E-state index in [1.807, 2.05) is 6.08 Å². The molecule has 0 aliphatic heterocycles. The lowest BCUT2D eigenvalue weighted by Gasteiger charge is -2.04. The number of allylic oxidation sites excluding steroid dienone is 1. The smallest absolute Gasteiger partial charge is 0.00152 e. The maximum Gasteiger partial charge on any atom is -0.00152 e. The topological polar surface area (TPSA) is 12.0 Å². The Morgan fingerprint density at radius 1 is 1.58 bits per heavy atom. The summed E-state index contributed by atoms with van der Waals surface area (Å²) in [4.78, 5) is 0. The van der Waals surface area contributed by atoms with Crippen molar-refractivity contribution in [2.45, 2.75) is 33.1 Å². The molecule has 0 radical (unpaired) electrons. The van der Waals surface area contributed by atoms with Crippen molar-refractivity contribution in [3.8, 4) is 0 Å². The third kappa shape index (κ3) is 2.98. The van der Waals surface area contributed by atoms with Gasteiger partial charge in [-0.3, -0.25) is 0 Å². The molecule has 0 aromatic heterocycles. The molecule has 0 saturated heterocycles. The van der Waals surface area contributed by atoms with Gasteiger partial charge in [-0.25, -0.2) is 0 Å². The monoisotopic (exact) mass is 167 g/mol. The number of unbranched alkanes of at least 4 members (excludes halogenated alkanes) is 1. The minimum atomic E-state index is 0.630. The summed E-state index contributed by atoms with van der Waals surface area (Å²) in [5.41, 5.74) is 0.630. The fourth-order valence-electron chi connectivity index (χ4n) is 1.57. The SMILES string of the molecule is C=CCCCNCC1CC1(C)C. The van der Waals surface area contributed by atoms with E-state index in [1.165, 1.54) is 19.4 Å². The van der Waals surface area contributed by atoms with Crippen LogP contribution in [0, 0.1) is 11.3 Å². The third-order valence-electron chi connectivity index (χ3n) is 2.87. The molecule has 1 fully saturated rings. The second-order valence-corrected chi connectivity index (χ2v) is 4.52. The molecule has 0 aromatic rings. The van der Waals surface area contributed by atoms with Crippen LogP contribution in [0.2, 0.25) is 0 Å². The fourth-order valence-corrected chi connectivity index (χ4v) is 1.57. The lowest BCUT2D eigenvalue weighted by molar-refractivity contribution is 0.516. The summed E-state index contributed by atoms with van der Waals surface area (Å²) in [5, 5.41) is 3.49. The van der Waals surface area contributed by atoms with E-state index >= 15 is 0 Å². The fraction of sp³-hybridized carbons (Fsp3) is 0.818. The van der Waals surface area contributed by atoms with E-state index in [0.717, 1.165) is 18.9 Å². The lowest BCUT2D eigenvalue weighted by Crippen LogP contribution is -2.19. The van der Waals surface area contributed by atoms with Gasteiger partial charge < -0.3 is 5.32 Å². The zero-order valence-corrected chi connectivity index (χ0v) is 8.40. The first-order valence-corrected chi connectivity index (χ1v) is 4.98. The van der Waals surface area contributed by atoms with Crippen LogP contribution in [0.4, 0.5) is 0 Å². The van der Waals surface area contributed by atoms with Crippen LogP contribution in [-0.4, -0.2) is 13.1 Å². The minimum Gasteiger partial charge on any atom is -0.316 e. The molecule has 1 unspecified atom stereocenters. The largest absolute Gasteiger partial charge is 0.316 e. The molecule has 0 spiro atoms. The molecule has 0 bridgehead atoms. The standard InChI is InChI=1S/C11H21N/c1-4-5-6-7-12-9-10-8-11(10,2)3/h4,10,12H,1,5-9H2,2-3H3. The van der Waals surface area contributed by atoms with Gasteiger partial charge in [0.2, 0.25) is 0 Å². The van der Waals surface area contributed by atoms with Crippen molar-refractivity contribution in [2.75, 3.05) is 13.1 Å². The van der Waals surface area contributed by atoms with Crippen molar-refractivity contribution in [3.05, 3.63) is 12.7 Å². The first-order chi connectivity index (χ1) is 5.67. The Morgan fingerprint density at radius 3 is 2.75 bits per heavy atom. The van der Waals surface area contributed by atoms with Crippen LogP contribution in [0.25, 0.3) is 0 Å². The van der Waals surface area contributed by atoms with Crippen molar-refractivity contribution in [2.24, 2.45) is 11.3 Å². The van der Waals surface area contributed by atoms with Crippen molar-refractivity contribution in [3.63, 3.8) is 0 Å². The van der Waals surface area contributed by atoms with E-state index in [4.69, 9.17) is 0 Å². The number of rotatable bonds is 6. The molecule has 70 valence electrons. The average molecular weight is 167 g/mol. The second-order valence-electron chi connectivity index (χ2n) is 4.52. The van der Waals surface area contributed by atoms with Crippen molar-refractivity contribution in [1.29, 1.82) is 0 Å². The molecule has 1 N–H and O–H groups in total. The molecule has 1 heteroatoms. The van der Waals surface area contributed by atoms with Gasteiger partial charge in [0, 0.05) is 0 Å². The van der Waals surface area contributed by atoms with E-state index in [1.54, 1.807) is 0 Å². The maximum absolute atomic E-state index is 3.70. The maximum atomic E-state index is 3.70. The second kappa shape index (κ2) is 4.08. The first kappa shape index (κ1) is 9.79. The predicted molar refractivity (Wildman–Crippen MR) is 54.2 cm³/mol. The first-order valence-electron chi connectivity index (χ1n) is 4.98. The van der Waals surface area contributed by atoms with E-state index < -0.39 is 0 Å². The molecule has 1 atom stereocenters. The molecular formula is C11H21N. The Bertz CT molecular complexity index is 149. The van der Waals surface area contributed by atoms with E-state index in [0.29, 0.717) is 5.41 Å². The van der Waals surface area contributed by atoms with Gasteiger partial charge in [0.25, 0.3) is 0 Å². The van der Waals surface area contributed by atoms with E-state index in [-0.39, 0.29) is 0 Å². The molecular weight excluding hydrogens is 146 g/mol. The number of hydrogen-bond donors (Lipinski definition) is 1. The summed E-state index contributed by atoms with van der Waals surface area (Å²) in [6.45, 7) is 10.8. The summed E-state index contributed by atoms with van der Waals surface area (Å²) in [6.07, 6.45) is 5.77. The summed E-state index contributed by atoms with van der Waals surface area (Å²) in [6, 6.07) is 0. The summed E-state index contributed by atoms with van der Waals surface area (Å²) in [7, 11) is 0. The van der Waals surface area contributed by atoms with Crippen LogP contribution in [0.1, 0.15) is 33.1 Å². The van der Waals surface area contributed by atoms with Gasteiger partial charge >= 0.3 is 0 Å². The molecule has 12 heavy (non-hydrogen) atoms. The van der Waals surface area contributed by atoms with Gasteiger partial charge in [-0.1, -0.05) is 19.9 Å². The highest BCUT2D eigenvalue weighted by Gasteiger charge is 2.44. The van der Waals surface area contributed by atoms with Crippen LogP contribution in [0.15, 0.2) is 12.7 Å². The third-order valence-corrected chi connectivity index (χ3v) is 2.87. The molecule has 1 aliphatic rings. The quantitative estimate of drug-likeness (QED) is 0.473. The molecule has 0 heterocycles. The van der Waals surface area contributed by atoms with E-state index in [9.17, 15) is 0 Å². The van der Waals surface area contributed by atoms with Gasteiger partial charge in [-0.05, 0) is 43.7 Å². The van der Waals surface area contributed by atoms with Crippen LogP contribution < -0.4 is 5.32 Å². The van der Waals surface area contributed by atoms with Crippen LogP contribution >= 0.6 is 0 Å². The van der Waals surface area contributed by atoms with Gasteiger partial charge in [0.1, 0.15) is 0 Å². The molecule has 1 saturated carbocycles. The van der Waals surface area contributed by atoms with Crippen molar-refractivity contribution in [1.82, 2.24) is 5.32 Å². The Hall–Kier alpha value is -0.300. The number of hydrogen-bond acceptors (Lipinski definition) is 1. The normalized spacial score (nSPS) is 25.3. The summed E-state index contributed by atoms with van der Waals surface area (Å²) in [5.74, 6) is 0.932. The average Bonchev–Trinajstić information content (AvgIpc) is 2.59. The highest BCUT2D eigenvalue weighted by Crippen LogP contribution is 2.50. The number of nitrogens with one attached hydrogen (secondary N) is 1. The minimum absolute atomic E-state index is 0.630. The molecule has 1 nitrogen and oxygen atoms in total. The summed E-state index contributed by atoms with van der Waals surface area (Å²) < 4.78 is 0. The zero-order chi connectivity index (χ0) is 9.03. The molecule has 1 aliphatic carbocycles. The van der Waals surface area contributed by atoms with Crippen LogP contribution in [0.3, 0.4) is 0 Å². The molecule has 1 rings (SSSR count). The van der Waals surface area contributed by atoms with Crippen molar-refractivity contribution >= 4 is 0 Å². The Labute approximate surface area is 76.2 Å². The predicted octanol–water partition coefficient (Wildman–Crippen LogP) is 2.59. The van der Waals surface area contributed by atoms with Gasteiger partial charge in [-0.2, -0.15) is 0 Å². The molecule has 0 aromatic carbocycles. The lowest BCUT2D eigenvalue weighted by atomic mass is 10.1. The Kier molecular flexibility index (Phi) is 3.33. The van der Waals surface area contributed by atoms with Gasteiger partial charge in [0.15, 0.2) is 0 Å². The van der Waals surface area contributed by atoms with E-state index in [2.05, 4.69) is 25.7 Å². The zero-order valence-electron chi connectivity index (χ0n) is 8.40. The highest BCUT2D eigenvalue weighted by atomic mass is 14.9. The van der Waals surface area contributed by atoms with Crippen molar-refractivity contribution < 1.29 is 0 Å². The summed E-state index contributed by atoms with van der Waals surface area (Å²) >= 11 is 0. The Morgan fingerprint density at radius 2 is 2.25 bits per heavy atom. The highest BCUT2D eigenvalue weighted by molar-refractivity contribution is 4.95. The van der Waals surface area contributed by atoms with Crippen LogP contribution in [-0.2, 0) is 0 Å². The van der Waals surface area contributed by atoms with Gasteiger partial charge in [0.05, 0.1) is 0 Å². The van der Waals surface area contributed by atoms with Crippen LogP contribution in [0.5, 0.6) is 0 Å². The Balaban J connectivity index is 1.88.